The highest BCUT2D eigenvalue weighted by Crippen LogP contribution is 2.14. The van der Waals surface area contributed by atoms with Crippen molar-refractivity contribution >= 4 is 17.9 Å². The van der Waals surface area contributed by atoms with Crippen molar-refractivity contribution in [2.75, 3.05) is 13.2 Å². The molecule has 0 aliphatic rings. The van der Waals surface area contributed by atoms with Crippen molar-refractivity contribution in [3.63, 3.8) is 0 Å². The maximum absolute atomic E-state index is 12.8. The average Bonchev–Trinajstić information content (AvgIpc) is 3.30. The van der Waals surface area contributed by atoms with Gasteiger partial charge in [0.05, 0.1) is 0 Å². The minimum Gasteiger partial charge on any atom is -0.462 e. The summed E-state index contributed by atoms with van der Waals surface area (Å²) in [6.45, 7) is 6.49. The summed E-state index contributed by atoms with van der Waals surface area (Å²) in [7, 11) is 0. The first-order valence-electron chi connectivity index (χ1n) is 27.4. The summed E-state index contributed by atoms with van der Waals surface area (Å²) in [5, 5.41) is 0. The average molecular weight is 907 g/mol. The molecule has 0 radical (unpaired) electrons. The lowest BCUT2D eigenvalue weighted by atomic mass is 10.1. The van der Waals surface area contributed by atoms with Gasteiger partial charge >= 0.3 is 17.9 Å². The molecule has 0 spiro atoms. The van der Waals surface area contributed by atoms with Crippen LogP contribution in [0.4, 0.5) is 0 Å². The molecular weight excluding hydrogens is 805 g/mol. The van der Waals surface area contributed by atoms with Gasteiger partial charge in [-0.25, -0.2) is 0 Å². The van der Waals surface area contributed by atoms with E-state index in [2.05, 4.69) is 93.7 Å². The van der Waals surface area contributed by atoms with Gasteiger partial charge in [-0.15, -0.1) is 0 Å². The smallest absolute Gasteiger partial charge is 0.306 e. The maximum Gasteiger partial charge on any atom is 0.306 e. The highest BCUT2D eigenvalue weighted by Gasteiger charge is 2.19. The highest BCUT2D eigenvalue weighted by atomic mass is 16.6. The van der Waals surface area contributed by atoms with Crippen LogP contribution < -0.4 is 0 Å². The number of rotatable bonds is 49. The Balaban J connectivity index is 4.44. The van der Waals surface area contributed by atoms with Crippen LogP contribution in [0.15, 0.2) is 72.9 Å². The maximum atomic E-state index is 12.8. The lowest BCUT2D eigenvalue weighted by molar-refractivity contribution is -0.167. The van der Waals surface area contributed by atoms with Gasteiger partial charge in [-0.05, 0) is 109 Å². The van der Waals surface area contributed by atoms with Crippen molar-refractivity contribution < 1.29 is 28.6 Å². The molecule has 0 aromatic carbocycles. The third-order valence-corrected chi connectivity index (χ3v) is 11.7. The second-order valence-corrected chi connectivity index (χ2v) is 18.1. The molecule has 374 valence electrons. The van der Waals surface area contributed by atoms with E-state index in [0.29, 0.717) is 19.3 Å². The Morgan fingerprint density at radius 3 is 0.969 bits per heavy atom. The number of carbonyl (C=O) groups is 3. The van der Waals surface area contributed by atoms with E-state index in [1.54, 1.807) is 0 Å². The molecular formula is C59H102O6. The van der Waals surface area contributed by atoms with Gasteiger partial charge in [0.2, 0.25) is 0 Å². The molecule has 0 rings (SSSR count). The number of esters is 3. The zero-order valence-corrected chi connectivity index (χ0v) is 42.7. The summed E-state index contributed by atoms with van der Waals surface area (Å²) in [4.78, 5) is 38.1. The van der Waals surface area contributed by atoms with E-state index in [-0.39, 0.29) is 31.1 Å². The molecule has 0 fully saturated rings. The molecule has 65 heavy (non-hydrogen) atoms. The van der Waals surface area contributed by atoms with Gasteiger partial charge in [-0.3, -0.25) is 14.4 Å². The minimum atomic E-state index is -0.791. The Labute approximate surface area is 402 Å². The molecule has 0 amide bonds. The van der Waals surface area contributed by atoms with Gasteiger partial charge in [-0.2, -0.15) is 0 Å². The summed E-state index contributed by atoms with van der Waals surface area (Å²) < 4.78 is 16.8. The Kier molecular flexibility index (Phi) is 50.9. The van der Waals surface area contributed by atoms with Crippen molar-refractivity contribution in [3.05, 3.63) is 72.9 Å². The zero-order chi connectivity index (χ0) is 47.2. The molecule has 0 saturated carbocycles. The van der Waals surface area contributed by atoms with Gasteiger partial charge in [0.15, 0.2) is 6.10 Å². The van der Waals surface area contributed by atoms with Crippen LogP contribution >= 0.6 is 0 Å². The van der Waals surface area contributed by atoms with E-state index < -0.39 is 6.10 Å². The van der Waals surface area contributed by atoms with Crippen molar-refractivity contribution in [3.8, 4) is 0 Å². The number of hydrogen-bond acceptors (Lipinski definition) is 6. The first kappa shape index (κ1) is 61.9. The van der Waals surface area contributed by atoms with Gasteiger partial charge in [-0.1, -0.05) is 209 Å². The predicted octanol–water partition coefficient (Wildman–Crippen LogP) is 18.2. The van der Waals surface area contributed by atoms with Gasteiger partial charge in [0.1, 0.15) is 13.2 Å². The fraction of sp³-hybridized carbons (Fsp3) is 0.746. The summed E-state index contributed by atoms with van der Waals surface area (Å²) in [5.74, 6) is -0.921. The fourth-order valence-corrected chi connectivity index (χ4v) is 7.54. The van der Waals surface area contributed by atoms with Crippen LogP contribution in [0.25, 0.3) is 0 Å². The molecule has 6 nitrogen and oxygen atoms in total. The Morgan fingerprint density at radius 2 is 0.600 bits per heavy atom. The van der Waals surface area contributed by atoms with Gasteiger partial charge < -0.3 is 14.2 Å². The van der Waals surface area contributed by atoms with Crippen LogP contribution in [-0.4, -0.2) is 37.2 Å². The largest absolute Gasteiger partial charge is 0.462 e. The van der Waals surface area contributed by atoms with Crippen LogP contribution in [0.3, 0.4) is 0 Å². The zero-order valence-electron chi connectivity index (χ0n) is 42.7. The van der Waals surface area contributed by atoms with E-state index in [0.717, 1.165) is 109 Å². The molecule has 0 heterocycles. The van der Waals surface area contributed by atoms with Crippen molar-refractivity contribution in [2.24, 2.45) is 0 Å². The normalized spacial score (nSPS) is 12.6. The molecule has 0 unspecified atom stereocenters. The molecule has 0 saturated heterocycles. The first-order chi connectivity index (χ1) is 32.0. The van der Waals surface area contributed by atoms with E-state index in [1.165, 1.54) is 116 Å². The molecule has 0 bridgehead atoms. The molecule has 0 aromatic rings. The third-order valence-electron chi connectivity index (χ3n) is 11.7. The summed E-state index contributed by atoms with van der Waals surface area (Å²) in [6, 6.07) is 0. The van der Waals surface area contributed by atoms with Crippen molar-refractivity contribution in [1.29, 1.82) is 0 Å². The minimum absolute atomic E-state index is 0.0886. The van der Waals surface area contributed by atoms with Crippen LogP contribution in [0.5, 0.6) is 0 Å². The molecule has 0 aromatic heterocycles. The third kappa shape index (κ3) is 51.7. The highest BCUT2D eigenvalue weighted by molar-refractivity contribution is 5.71. The van der Waals surface area contributed by atoms with Gasteiger partial charge in [0.25, 0.3) is 0 Å². The number of hydrogen-bond donors (Lipinski definition) is 0. The van der Waals surface area contributed by atoms with E-state index in [1.807, 2.05) is 0 Å². The van der Waals surface area contributed by atoms with E-state index in [4.69, 9.17) is 14.2 Å². The molecule has 0 N–H and O–H groups in total. The monoisotopic (exact) mass is 907 g/mol. The number of unbranched alkanes of at least 4 members (excludes halogenated alkanes) is 26. The Hall–Kier alpha value is -3.15. The Morgan fingerprint density at radius 1 is 0.323 bits per heavy atom. The number of ether oxygens (including phenoxy) is 3. The molecule has 1 atom stereocenters. The Bertz CT molecular complexity index is 1230. The second kappa shape index (κ2) is 53.5. The van der Waals surface area contributed by atoms with Crippen LogP contribution in [-0.2, 0) is 28.6 Å². The topological polar surface area (TPSA) is 78.9 Å². The van der Waals surface area contributed by atoms with Crippen LogP contribution in [0, 0.1) is 0 Å². The van der Waals surface area contributed by atoms with Crippen LogP contribution in [0.1, 0.15) is 265 Å². The quantitative estimate of drug-likeness (QED) is 0.0262. The van der Waals surface area contributed by atoms with Crippen LogP contribution in [0.2, 0.25) is 0 Å². The van der Waals surface area contributed by atoms with Crippen molar-refractivity contribution in [1.82, 2.24) is 0 Å². The fourth-order valence-electron chi connectivity index (χ4n) is 7.54. The first-order valence-corrected chi connectivity index (χ1v) is 27.4. The second-order valence-electron chi connectivity index (χ2n) is 18.1. The van der Waals surface area contributed by atoms with E-state index in [9.17, 15) is 14.4 Å². The molecule has 6 heteroatoms. The summed E-state index contributed by atoms with van der Waals surface area (Å²) >= 11 is 0. The number of carbonyl (C=O) groups excluding carboxylic acids is 3. The number of allylic oxidation sites excluding steroid dienone is 12. The van der Waals surface area contributed by atoms with Gasteiger partial charge in [0, 0.05) is 19.3 Å². The summed E-state index contributed by atoms with van der Waals surface area (Å²) in [6.07, 6.45) is 67.4. The van der Waals surface area contributed by atoms with E-state index >= 15 is 0 Å². The predicted molar refractivity (Wildman–Crippen MR) is 279 cm³/mol. The SMILES string of the molecule is CC/C=C\C/C=C\C/C=C\C/C=C\CCCCCCC(=O)OC[C@H](COC(=O)CCCCCCCCC/C=C\CCCCCC)OC(=O)CCCCCCC/C=C\CCCCCCCC. The molecule has 0 aliphatic carbocycles. The molecule has 0 aliphatic heterocycles. The van der Waals surface area contributed by atoms with Crippen molar-refractivity contribution in [2.45, 2.75) is 271 Å². The summed E-state index contributed by atoms with van der Waals surface area (Å²) in [5.41, 5.74) is 0. The standard InChI is InChI=1S/C59H102O6/c1-4-7-10-13-16-19-22-25-28-29-32-34-37-40-43-46-49-52-58(61)64-55-56(65-59(62)53-50-47-44-41-38-35-31-27-24-21-18-15-12-9-6-3)54-63-57(60)51-48-45-42-39-36-33-30-26-23-20-17-14-11-8-5-2/h7,10,16,19-20,23,25,27-28,31-32,34,56H,4-6,8-9,11-15,17-18,21-22,24,26,29-30,33,35-55H2,1-3H3/b10-7-,19-16-,23-20-,28-25-,31-27-,34-32-/t56-/m0/s1. The lowest BCUT2D eigenvalue weighted by Crippen LogP contribution is -2.30. The lowest BCUT2D eigenvalue weighted by Gasteiger charge is -2.18.